The van der Waals surface area contributed by atoms with Crippen molar-refractivity contribution in [3.8, 4) is 0 Å². The fourth-order valence-corrected chi connectivity index (χ4v) is 3.07. The van der Waals surface area contributed by atoms with Crippen molar-refractivity contribution in [2.24, 2.45) is 0 Å². The summed E-state index contributed by atoms with van der Waals surface area (Å²) in [5, 5.41) is 7.79. The molecule has 1 aliphatic rings. The highest BCUT2D eigenvalue weighted by molar-refractivity contribution is 5.68. The quantitative estimate of drug-likeness (QED) is 0.797. The van der Waals surface area contributed by atoms with E-state index >= 15 is 0 Å². The number of nitrogens with one attached hydrogen (secondary N) is 1. The number of nitrogens with zero attached hydrogens (tertiary/aromatic N) is 6. The Morgan fingerprint density at radius 3 is 2.83 bits per heavy atom. The fourth-order valence-electron chi connectivity index (χ4n) is 3.07. The van der Waals surface area contributed by atoms with Gasteiger partial charge in [0.2, 0.25) is 0 Å². The summed E-state index contributed by atoms with van der Waals surface area (Å²) < 4.78 is 1.87. The van der Waals surface area contributed by atoms with Gasteiger partial charge in [-0.2, -0.15) is 5.10 Å². The molecule has 0 saturated carbocycles. The van der Waals surface area contributed by atoms with Crippen molar-refractivity contribution in [1.82, 2.24) is 24.6 Å². The van der Waals surface area contributed by atoms with E-state index in [9.17, 15) is 0 Å². The van der Waals surface area contributed by atoms with Gasteiger partial charge >= 0.3 is 0 Å². The molecule has 1 saturated heterocycles. The molecule has 3 aromatic rings. The van der Waals surface area contributed by atoms with Crippen molar-refractivity contribution >= 4 is 17.2 Å². The lowest BCUT2D eigenvalue weighted by Crippen LogP contribution is -2.39. The van der Waals surface area contributed by atoms with Gasteiger partial charge in [-0.3, -0.25) is 0 Å². The molecule has 0 unspecified atom stereocenters. The highest BCUT2D eigenvalue weighted by Crippen LogP contribution is 2.23. The molecule has 4 rings (SSSR count). The van der Waals surface area contributed by atoms with Crippen LogP contribution in [0.4, 0.5) is 11.6 Å². The number of rotatable bonds is 3. The lowest BCUT2D eigenvalue weighted by atomic mass is 10.0. The van der Waals surface area contributed by atoms with Crippen LogP contribution in [0.1, 0.15) is 18.5 Å². The molecule has 0 spiro atoms. The Hall–Kier alpha value is -2.70. The number of hydrogen-bond donors (Lipinski definition) is 1. The van der Waals surface area contributed by atoms with E-state index in [1.807, 2.05) is 42.2 Å². The Labute approximate surface area is 134 Å². The van der Waals surface area contributed by atoms with E-state index < -0.39 is 0 Å². The average Bonchev–Trinajstić information content (AvgIpc) is 3.04. The molecule has 0 atom stereocenters. The van der Waals surface area contributed by atoms with Crippen LogP contribution in [-0.2, 0) is 0 Å². The Morgan fingerprint density at radius 2 is 2.00 bits per heavy atom. The Kier molecular flexibility index (Phi) is 3.53. The molecule has 4 heterocycles. The van der Waals surface area contributed by atoms with Crippen molar-refractivity contribution < 1.29 is 0 Å². The predicted octanol–water partition coefficient (Wildman–Crippen LogP) is 1.91. The first-order chi connectivity index (χ1) is 11.3. The SMILES string of the molecule is Cc1cc(NC2CCN(c3nccn4nccc34)CC2)ncn1. The molecule has 23 heavy (non-hydrogen) atoms. The lowest BCUT2D eigenvalue weighted by molar-refractivity contribution is 0.522. The number of hydrogen-bond acceptors (Lipinski definition) is 6. The van der Waals surface area contributed by atoms with Crippen LogP contribution < -0.4 is 10.2 Å². The number of piperidine rings is 1. The second-order valence-corrected chi connectivity index (χ2v) is 5.86. The van der Waals surface area contributed by atoms with E-state index in [-0.39, 0.29) is 0 Å². The summed E-state index contributed by atoms with van der Waals surface area (Å²) >= 11 is 0. The monoisotopic (exact) mass is 309 g/mol. The summed E-state index contributed by atoms with van der Waals surface area (Å²) in [6.45, 7) is 3.92. The van der Waals surface area contributed by atoms with Gasteiger partial charge in [0, 0.05) is 43.3 Å². The minimum atomic E-state index is 0.435. The summed E-state index contributed by atoms with van der Waals surface area (Å²) in [5.41, 5.74) is 2.04. The molecule has 0 bridgehead atoms. The Balaban J connectivity index is 1.44. The van der Waals surface area contributed by atoms with Crippen molar-refractivity contribution in [1.29, 1.82) is 0 Å². The molecule has 7 heteroatoms. The van der Waals surface area contributed by atoms with Gasteiger partial charge in [-0.1, -0.05) is 0 Å². The molecule has 0 radical (unpaired) electrons. The number of anilines is 2. The number of aryl methyl sites for hydroxylation is 1. The van der Waals surface area contributed by atoms with Crippen LogP contribution in [0.2, 0.25) is 0 Å². The summed E-state index contributed by atoms with van der Waals surface area (Å²) in [7, 11) is 0. The third kappa shape index (κ3) is 2.81. The smallest absolute Gasteiger partial charge is 0.154 e. The van der Waals surface area contributed by atoms with Gasteiger partial charge in [0.15, 0.2) is 5.82 Å². The minimum Gasteiger partial charge on any atom is -0.367 e. The van der Waals surface area contributed by atoms with Gasteiger partial charge in [0.05, 0.1) is 6.20 Å². The molecule has 0 aromatic carbocycles. The second-order valence-electron chi connectivity index (χ2n) is 5.86. The maximum atomic E-state index is 4.55. The van der Waals surface area contributed by atoms with E-state index in [0.717, 1.165) is 48.8 Å². The lowest BCUT2D eigenvalue weighted by Gasteiger charge is -2.33. The zero-order valence-electron chi connectivity index (χ0n) is 13.1. The molecular formula is C16H19N7. The van der Waals surface area contributed by atoms with Gasteiger partial charge in [0.1, 0.15) is 17.7 Å². The second kappa shape index (κ2) is 5.83. The molecular weight excluding hydrogens is 290 g/mol. The van der Waals surface area contributed by atoms with Crippen LogP contribution in [0.5, 0.6) is 0 Å². The molecule has 118 valence electrons. The summed E-state index contributed by atoms with van der Waals surface area (Å²) in [6.07, 6.45) is 9.22. The Morgan fingerprint density at radius 1 is 1.13 bits per heavy atom. The molecule has 3 aromatic heterocycles. The summed E-state index contributed by atoms with van der Waals surface area (Å²) in [4.78, 5) is 15.3. The van der Waals surface area contributed by atoms with Crippen LogP contribution in [0.25, 0.3) is 5.52 Å². The van der Waals surface area contributed by atoms with Crippen LogP contribution in [0.15, 0.2) is 37.1 Å². The van der Waals surface area contributed by atoms with Gasteiger partial charge < -0.3 is 10.2 Å². The van der Waals surface area contributed by atoms with Crippen LogP contribution in [-0.4, -0.2) is 43.7 Å². The normalized spacial score (nSPS) is 16.0. The van der Waals surface area contributed by atoms with E-state index in [1.165, 1.54) is 0 Å². The first kappa shape index (κ1) is 13.9. The zero-order valence-corrected chi connectivity index (χ0v) is 13.1. The van der Waals surface area contributed by atoms with Crippen molar-refractivity contribution in [3.63, 3.8) is 0 Å². The van der Waals surface area contributed by atoms with Crippen LogP contribution in [0.3, 0.4) is 0 Å². The zero-order chi connectivity index (χ0) is 15.6. The topological polar surface area (TPSA) is 71.2 Å². The number of fused-ring (bicyclic) bond motifs is 1. The van der Waals surface area contributed by atoms with E-state index in [4.69, 9.17) is 0 Å². The maximum absolute atomic E-state index is 4.55. The maximum Gasteiger partial charge on any atom is 0.154 e. The van der Waals surface area contributed by atoms with Crippen LogP contribution >= 0.6 is 0 Å². The molecule has 1 N–H and O–H groups in total. The fraction of sp³-hybridized carbons (Fsp3) is 0.375. The largest absolute Gasteiger partial charge is 0.367 e. The van der Waals surface area contributed by atoms with Gasteiger partial charge in [-0.15, -0.1) is 0 Å². The van der Waals surface area contributed by atoms with Crippen molar-refractivity contribution in [2.75, 3.05) is 23.3 Å². The standard InChI is InChI=1S/C16H19N7/c1-12-10-15(19-11-18-12)21-13-3-7-22(8-4-13)16-14-2-5-20-23(14)9-6-17-16/h2,5-6,9-11,13H,3-4,7-8H2,1H3,(H,18,19,21). The van der Waals surface area contributed by atoms with Crippen molar-refractivity contribution in [2.45, 2.75) is 25.8 Å². The van der Waals surface area contributed by atoms with Gasteiger partial charge in [-0.25, -0.2) is 19.5 Å². The summed E-state index contributed by atoms with van der Waals surface area (Å²) in [6, 6.07) is 4.43. The third-order valence-corrected chi connectivity index (χ3v) is 4.25. The number of aromatic nitrogens is 5. The molecule has 1 aliphatic heterocycles. The molecule has 7 nitrogen and oxygen atoms in total. The first-order valence-corrected chi connectivity index (χ1v) is 7.88. The van der Waals surface area contributed by atoms with Gasteiger partial charge in [0.25, 0.3) is 0 Å². The minimum absolute atomic E-state index is 0.435. The van der Waals surface area contributed by atoms with E-state index in [1.54, 1.807) is 6.33 Å². The van der Waals surface area contributed by atoms with Crippen molar-refractivity contribution in [3.05, 3.63) is 42.7 Å². The highest BCUT2D eigenvalue weighted by Gasteiger charge is 2.22. The summed E-state index contributed by atoms with van der Waals surface area (Å²) in [5.74, 6) is 1.92. The Bertz CT molecular complexity index is 805. The van der Waals surface area contributed by atoms with Gasteiger partial charge in [-0.05, 0) is 25.8 Å². The predicted molar refractivity (Wildman–Crippen MR) is 88.6 cm³/mol. The van der Waals surface area contributed by atoms with Crippen LogP contribution in [0, 0.1) is 6.92 Å². The first-order valence-electron chi connectivity index (χ1n) is 7.88. The molecule has 0 aliphatic carbocycles. The van der Waals surface area contributed by atoms with E-state index in [2.05, 4.69) is 30.3 Å². The molecule has 0 amide bonds. The van der Waals surface area contributed by atoms with E-state index in [0.29, 0.717) is 6.04 Å². The third-order valence-electron chi connectivity index (χ3n) is 4.25. The average molecular weight is 309 g/mol. The molecule has 1 fully saturated rings. The highest BCUT2D eigenvalue weighted by atomic mass is 15.3.